The van der Waals surface area contributed by atoms with Gasteiger partial charge in [0.05, 0.1) is 54.0 Å². The van der Waals surface area contributed by atoms with Crippen LogP contribution in [0.25, 0.3) is 11.0 Å². The van der Waals surface area contributed by atoms with Crippen molar-refractivity contribution >= 4 is 22.7 Å². The van der Waals surface area contributed by atoms with Crippen LogP contribution in [0.2, 0.25) is 0 Å². The van der Waals surface area contributed by atoms with Gasteiger partial charge in [-0.25, -0.2) is 19.2 Å². The number of rotatable bonds is 9. The lowest BCUT2D eigenvalue weighted by molar-refractivity contribution is -0.138. The van der Waals surface area contributed by atoms with Gasteiger partial charge in [0.15, 0.2) is 0 Å². The van der Waals surface area contributed by atoms with Crippen LogP contribution in [0.5, 0.6) is 11.8 Å². The van der Waals surface area contributed by atoms with Gasteiger partial charge in [-0.1, -0.05) is 0 Å². The number of carbonyl (C=O) groups excluding carboxylic acids is 1. The fourth-order valence-corrected chi connectivity index (χ4v) is 6.22. The van der Waals surface area contributed by atoms with Gasteiger partial charge < -0.3 is 30.0 Å². The minimum atomic E-state index is -0.405. The molecule has 4 fully saturated rings. The zero-order valence-corrected chi connectivity index (χ0v) is 22.7. The number of ether oxygens (including phenoxy) is 4. The fourth-order valence-electron chi connectivity index (χ4n) is 6.22. The second-order valence-corrected chi connectivity index (χ2v) is 11.3. The van der Waals surface area contributed by atoms with Gasteiger partial charge in [0.2, 0.25) is 11.8 Å². The molecule has 12 heteroatoms. The monoisotopic (exact) mass is 564 g/mol. The molecule has 5 aliphatic rings. The SMILES string of the molecule is N[C@@H]1CO[C@H]1COc1ccc2ncc(F)c(CCN(Cc3ccc4c(n3)OC(=O)CN4)C34CCC(CC3)OC4)c2n1. The molecule has 3 saturated heterocycles. The summed E-state index contributed by atoms with van der Waals surface area (Å²) in [7, 11) is 0. The largest absolute Gasteiger partial charge is 0.475 e. The van der Waals surface area contributed by atoms with Gasteiger partial charge in [-0.15, -0.1) is 0 Å². The van der Waals surface area contributed by atoms with Crippen LogP contribution in [0.3, 0.4) is 0 Å². The van der Waals surface area contributed by atoms with Crippen LogP contribution in [0.15, 0.2) is 30.5 Å². The number of fused-ring (bicyclic) bond motifs is 5. The van der Waals surface area contributed by atoms with Crippen LogP contribution < -0.4 is 20.5 Å². The lowest BCUT2D eigenvalue weighted by Crippen LogP contribution is -2.59. The van der Waals surface area contributed by atoms with E-state index in [1.807, 2.05) is 12.1 Å². The first-order chi connectivity index (χ1) is 20.0. The Kier molecular flexibility index (Phi) is 6.93. The number of nitrogens with zero attached hydrogens (tertiary/aromatic N) is 4. The van der Waals surface area contributed by atoms with E-state index >= 15 is 4.39 Å². The normalized spacial score (nSPS) is 26.8. The quantitative estimate of drug-likeness (QED) is 0.371. The van der Waals surface area contributed by atoms with Crippen molar-refractivity contribution in [3.8, 4) is 11.8 Å². The molecule has 4 aliphatic heterocycles. The number of halogens is 1. The van der Waals surface area contributed by atoms with Gasteiger partial charge in [-0.05, 0) is 50.3 Å². The van der Waals surface area contributed by atoms with Crippen LogP contribution in [0.1, 0.15) is 36.9 Å². The van der Waals surface area contributed by atoms with E-state index in [1.165, 1.54) is 6.20 Å². The maximum Gasteiger partial charge on any atom is 0.332 e. The third-order valence-corrected chi connectivity index (χ3v) is 8.77. The molecule has 3 aromatic rings. The lowest BCUT2D eigenvalue weighted by atomic mass is 9.76. The molecule has 3 N–H and O–H groups in total. The Bertz CT molecular complexity index is 1450. The predicted molar refractivity (Wildman–Crippen MR) is 146 cm³/mol. The lowest BCUT2D eigenvalue weighted by Gasteiger charge is -2.52. The van der Waals surface area contributed by atoms with Crippen molar-refractivity contribution in [1.29, 1.82) is 0 Å². The van der Waals surface area contributed by atoms with Crippen LogP contribution in [-0.4, -0.2) is 82.5 Å². The molecule has 1 aliphatic carbocycles. The zero-order valence-electron chi connectivity index (χ0n) is 22.7. The minimum Gasteiger partial charge on any atom is -0.475 e. The number of hydrogen-bond donors (Lipinski definition) is 2. The Morgan fingerprint density at radius 3 is 2.80 bits per heavy atom. The summed E-state index contributed by atoms with van der Waals surface area (Å²) in [5.41, 5.74) is 8.80. The highest BCUT2D eigenvalue weighted by atomic mass is 19.1. The third-order valence-electron chi connectivity index (χ3n) is 8.77. The molecule has 0 aromatic carbocycles. The van der Waals surface area contributed by atoms with Crippen molar-refractivity contribution in [2.24, 2.45) is 5.73 Å². The molecule has 1 saturated carbocycles. The third kappa shape index (κ3) is 5.21. The number of anilines is 1. The first-order valence-electron chi connectivity index (χ1n) is 14.2. The number of aromatic nitrogens is 3. The number of pyridine rings is 3. The zero-order chi connectivity index (χ0) is 28.0. The van der Waals surface area contributed by atoms with E-state index in [0.29, 0.717) is 67.0 Å². The number of nitrogens with two attached hydrogens (primary N) is 1. The Balaban J connectivity index is 1.15. The summed E-state index contributed by atoms with van der Waals surface area (Å²) >= 11 is 0. The molecule has 41 heavy (non-hydrogen) atoms. The van der Waals surface area contributed by atoms with E-state index in [2.05, 4.69) is 25.2 Å². The molecular weight excluding hydrogens is 531 g/mol. The maximum absolute atomic E-state index is 15.3. The molecule has 11 nitrogen and oxygen atoms in total. The number of nitrogens with one attached hydrogen (secondary N) is 1. The Hall–Kier alpha value is -3.45. The van der Waals surface area contributed by atoms with Gasteiger partial charge in [-0.2, -0.15) is 0 Å². The van der Waals surface area contributed by atoms with E-state index in [4.69, 9.17) is 24.7 Å². The van der Waals surface area contributed by atoms with E-state index in [0.717, 1.165) is 31.4 Å². The van der Waals surface area contributed by atoms with E-state index in [-0.39, 0.29) is 42.7 Å². The summed E-state index contributed by atoms with van der Waals surface area (Å²) in [4.78, 5) is 27.7. The topological polar surface area (TPSA) is 134 Å². The second kappa shape index (κ2) is 10.8. The summed E-state index contributed by atoms with van der Waals surface area (Å²) in [5.74, 6) is -0.103. The molecule has 0 spiro atoms. The molecule has 7 heterocycles. The minimum absolute atomic E-state index is 0.0535. The van der Waals surface area contributed by atoms with Crippen molar-refractivity contribution in [2.75, 3.05) is 38.2 Å². The molecule has 2 bridgehead atoms. The molecule has 3 aromatic heterocycles. The Morgan fingerprint density at radius 1 is 1.17 bits per heavy atom. The highest BCUT2D eigenvalue weighted by Crippen LogP contribution is 2.41. The van der Waals surface area contributed by atoms with Crippen molar-refractivity contribution in [3.63, 3.8) is 0 Å². The summed E-state index contributed by atoms with van der Waals surface area (Å²) < 4.78 is 38.1. The predicted octanol–water partition coefficient (Wildman–Crippen LogP) is 2.36. The van der Waals surface area contributed by atoms with Crippen LogP contribution in [0.4, 0.5) is 10.1 Å². The van der Waals surface area contributed by atoms with Crippen molar-refractivity contribution in [3.05, 3.63) is 47.5 Å². The smallest absolute Gasteiger partial charge is 0.332 e. The van der Waals surface area contributed by atoms with E-state index < -0.39 is 5.82 Å². The second-order valence-electron chi connectivity index (χ2n) is 11.3. The Morgan fingerprint density at radius 2 is 2.05 bits per heavy atom. The van der Waals surface area contributed by atoms with Gasteiger partial charge in [0, 0.05) is 30.3 Å². The number of carbonyl (C=O) groups is 1. The number of hydrogen-bond acceptors (Lipinski definition) is 11. The summed E-state index contributed by atoms with van der Waals surface area (Å²) in [5, 5.41) is 3.03. The molecule has 0 unspecified atom stereocenters. The summed E-state index contributed by atoms with van der Waals surface area (Å²) in [6.07, 6.45) is 5.80. The highest BCUT2D eigenvalue weighted by molar-refractivity contribution is 5.82. The van der Waals surface area contributed by atoms with Crippen molar-refractivity contribution in [2.45, 2.75) is 62.4 Å². The molecular formula is C29H33FN6O5. The summed E-state index contributed by atoms with van der Waals surface area (Å²) in [6, 6.07) is 7.30. The fraction of sp³-hybridized carbons (Fsp3) is 0.517. The van der Waals surface area contributed by atoms with Gasteiger partial charge in [-0.3, -0.25) is 9.88 Å². The van der Waals surface area contributed by atoms with Crippen LogP contribution in [-0.2, 0) is 27.2 Å². The van der Waals surface area contributed by atoms with Crippen molar-refractivity contribution < 1.29 is 28.1 Å². The molecule has 2 atom stereocenters. The van der Waals surface area contributed by atoms with Crippen molar-refractivity contribution in [1.82, 2.24) is 19.9 Å². The maximum atomic E-state index is 15.3. The molecule has 0 amide bonds. The first kappa shape index (κ1) is 26.4. The Labute approximate surface area is 236 Å². The average molecular weight is 565 g/mol. The molecule has 216 valence electrons. The van der Waals surface area contributed by atoms with Gasteiger partial charge in [0.25, 0.3) is 0 Å². The van der Waals surface area contributed by atoms with E-state index in [9.17, 15) is 4.79 Å². The van der Waals surface area contributed by atoms with Crippen LogP contribution in [0, 0.1) is 5.82 Å². The summed E-state index contributed by atoms with van der Waals surface area (Å²) in [6.45, 7) is 2.61. The first-order valence-corrected chi connectivity index (χ1v) is 14.2. The molecule has 0 radical (unpaired) electrons. The number of esters is 1. The van der Waals surface area contributed by atoms with Gasteiger partial charge >= 0.3 is 5.97 Å². The standard InChI is InChI=1S/C29H33FN6O5/c30-20-11-32-22-3-4-25(39-15-24-21(31)14-38-24)35-27(22)19(20)7-10-36(29-8-5-18(6-9-29)40-16-29)13-17-1-2-23-28(34-17)41-26(37)12-33-23/h1-4,11,18,21,24,33H,5-10,12-16,31H2/t18?,21-,24+,29?/m1/s1. The molecule has 8 rings (SSSR count). The van der Waals surface area contributed by atoms with E-state index in [1.54, 1.807) is 12.1 Å². The van der Waals surface area contributed by atoms with Gasteiger partial charge in [0.1, 0.15) is 25.1 Å². The highest BCUT2D eigenvalue weighted by Gasteiger charge is 2.45. The average Bonchev–Trinajstić information content (AvgIpc) is 3.00. The van der Waals surface area contributed by atoms with Crippen LogP contribution >= 0.6 is 0 Å².